The van der Waals surface area contributed by atoms with Gasteiger partial charge in [-0.25, -0.2) is 9.37 Å². The van der Waals surface area contributed by atoms with Gasteiger partial charge in [0, 0.05) is 48.0 Å². The van der Waals surface area contributed by atoms with E-state index in [0.29, 0.717) is 22.9 Å². The van der Waals surface area contributed by atoms with Crippen molar-refractivity contribution in [1.82, 2.24) is 9.55 Å². The summed E-state index contributed by atoms with van der Waals surface area (Å²) in [7, 11) is 0. The standard InChI is InChI=1S/C17H14FN3O2/c1-11-8-13(22)5-7-21(11)12-2-3-16(15(18)9-12)23-14-4-6-20-17(19)10-14/h2-10H,1H3,(H2,19,20). The molecular formula is C17H14FN3O2. The highest BCUT2D eigenvalue weighted by atomic mass is 19.1. The number of pyridine rings is 2. The van der Waals surface area contributed by atoms with E-state index in [1.54, 1.807) is 29.8 Å². The number of benzene rings is 1. The molecule has 2 heterocycles. The molecule has 116 valence electrons. The zero-order chi connectivity index (χ0) is 16.4. The number of aromatic nitrogens is 2. The third-order valence-electron chi connectivity index (χ3n) is 3.29. The van der Waals surface area contributed by atoms with Gasteiger partial charge >= 0.3 is 0 Å². The van der Waals surface area contributed by atoms with Crippen LogP contribution in [0.25, 0.3) is 5.69 Å². The van der Waals surface area contributed by atoms with Crippen LogP contribution in [0.2, 0.25) is 0 Å². The van der Waals surface area contributed by atoms with Gasteiger partial charge in [0.25, 0.3) is 0 Å². The third kappa shape index (κ3) is 3.21. The van der Waals surface area contributed by atoms with Crippen LogP contribution in [-0.4, -0.2) is 9.55 Å². The minimum atomic E-state index is -0.518. The Hall–Kier alpha value is -3.15. The molecule has 0 radical (unpaired) electrons. The van der Waals surface area contributed by atoms with Gasteiger partial charge in [0.1, 0.15) is 11.6 Å². The normalized spacial score (nSPS) is 10.5. The Bertz CT molecular complexity index is 922. The van der Waals surface area contributed by atoms with E-state index in [2.05, 4.69) is 4.98 Å². The topological polar surface area (TPSA) is 70.1 Å². The second-order valence-electron chi connectivity index (χ2n) is 5.01. The van der Waals surface area contributed by atoms with E-state index in [9.17, 15) is 9.18 Å². The smallest absolute Gasteiger partial charge is 0.181 e. The number of ether oxygens (including phenoxy) is 1. The maximum atomic E-state index is 14.3. The molecule has 3 rings (SSSR count). The number of hydrogen-bond acceptors (Lipinski definition) is 4. The zero-order valence-corrected chi connectivity index (χ0v) is 12.4. The Balaban J connectivity index is 1.93. The lowest BCUT2D eigenvalue weighted by molar-refractivity contribution is 0.442. The van der Waals surface area contributed by atoms with Crippen LogP contribution < -0.4 is 15.9 Å². The van der Waals surface area contributed by atoms with Crippen molar-refractivity contribution in [3.8, 4) is 17.2 Å². The zero-order valence-electron chi connectivity index (χ0n) is 12.4. The van der Waals surface area contributed by atoms with Crippen LogP contribution in [-0.2, 0) is 0 Å². The molecule has 0 atom stereocenters. The molecule has 0 fully saturated rings. The summed E-state index contributed by atoms with van der Waals surface area (Å²) in [6.45, 7) is 1.78. The Labute approximate surface area is 131 Å². The van der Waals surface area contributed by atoms with Crippen LogP contribution in [0.1, 0.15) is 5.69 Å². The summed E-state index contributed by atoms with van der Waals surface area (Å²) in [6.07, 6.45) is 3.09. The van der Waals surface area contributed by atoms with Gasteiger partial charge in [-0.15, -0.1) is 0 Å². The van der Waals surface area contributed by atoms with Gasteiger partial charge in [-0.05, 0) is 25.1 Å². The summed E-state index contributed by atoms with van der Waals surface area (Å²) in [4.78, 5) is 15.2. The van der Waals surface area contributed by atoms with Crippen molar-refractivity contribution in [2.75, 3.05) is 5.73 Å². The summed E-state index contributed by atoms with van der Waals surface area (Å²) in [5, 5.41) is 0. The summed E-state index contributed by atoms with van der Waals surface area (Å²) in [6, 6.07) is 10.6. The first-order chi connectivity index (χ1) is 11.0. The number of anilines is 1. The molecule has 0 spiro atoms. The molecule has 1 aromatic carbocycles. The highest BCUT2D eigenvalue weighted by molar-refractivity contribution is 5.43. The van der Waals surface area contributed by atoms with Gasteiger partial charge < -0.3 is 15.0 Å². The van der Waals surface area contributed by atoms with E-state index in [0.717, 1.165) is 0 Å². The van der Waals surface area contributed by atoms with Gasteiger partial charge in [-0.3, -0.25) is 4.79 Å². The molecule has 0 amide bonds. The molecule has 0 saturated heterocycles. The number of nitrogens with two attached hydrogens (primary N) is 1. The Morgan fingerprint density at radius 1 is 1.17 bits per heavy atom. The maximum Gasteiger partial charge on any atom is 0.181 e. The molecule has 2 N–H and O–H groups in total. The van der Waals surface area contributed by atoms with Crippen molar-refractivity contribution in [2.24, 2.45) is 0 Å². The molecule has 0 aliphatic rings. The van der Waals surface area contributed by atoms with Gasteiger partial charge in [0.2, 0.25) is 0 Å². The highest BCUT2D eigenvalue weighted by Crippen LogP contribution is 2.27. The van der Waals surface area contributed by atoms with Crippen LogP contribution in [0.4, 0.5) is 10.2 Å². The number of hydrogen-bond donors (Lipinski definition) is 1. The van der Waals surface area contributed by atoms with Crippen molar-refractivity contribution >= 4 is 5.82 Å². The summed E-state index contributed by atoms with van der Waals surface area (Å²) in [5.74, 6) is 0.265. The molecule has 0 aliphatic heterocycles. The van der Waals surface area contributed by atoms with Crippen molar-refractivity contribution in [3.05, 3.63) is 76.6 Å². The first-order valence-corrected chi connectivity index (χ1v) is 6.91. The number of nitrogens with zero attached hydrogens (tertiary/aromatic N) is 2. The molecule has 2 aromatic heterocycles. The van der Waals surface area contributed by atoms with E-state index >= 15 is 0 Å². The van der Waals surface area contributed by atoms with E-state index in [4.69, 9.17) is 10.5 Å². The van der Waals surface area contributed by atoms with Crippen molar-refractivity contribution in [2.45, 2.75) is 6.92 Å². The fourth-order valence-corrected chi connectivity index (χ4v) is 2.22. The second-order valence-corrected chi connectivity index (χ2v) is 5.01. The Morgan fingerprint density at radius 3 is 2.70 bits per heavy atom. The molecule has 0 unspecified atom stereocenters. The lowest BCUT2D eigenvalue weighted by Crippen LogP contribution is -2.07. The number of aryl methyl sites for hydroxylation is 1. The molecule has 5 nitrogen and oxygen atoms in total. The molecule has 23 heavy (non-hydrogen) atoms. The molecule has 3 aromatic rings. The molecule has 0 saturated carbocycles. The van der Waals surface area contributed by atoms with E-state index in [1.807, 2.05) is 0 Å². The minimum absolute atomic E-state index is 0.0815. The summed E-state index contributed by atoms with van der Waals surface area (Å²) < 4.78 is 21.5. The Morgan fingerprint density at radius 2 is 2.00 bits per heavy atom. The van der Waals surface area contributed by atoms with E-state index in [-0.39, 0.29) is 11.2 Å². The summed E-state index contributed by atoms with van der Waals surface area (Å²) >= 11 is 0. The third-order valence-corrected chi connectivity index (χ3v) is 3.29. The average Bonchev–Trinajstić information content (AvgIpc) is 2.49. The largest absolute Gasteiger partial charge is 0.454 e. The lowest BCUT2D eigenvalue weighted by atomic mass is 10.2. The van der Waals surface area contributed by atoms with Crippen molar-refractivity contribution in [1.29, 1.82) is 0 Å². The monoisotopic (exact) mass is 311 g/mol. The van der Waals surface area contributed by atoms with Crippen molar-refractivity contribution < 1.29 is 9.13 Å². The van der Waals surface area contributed by atoms with Gasteiger partial charge in [-0.1, -0.05) is 0 Å². The van der Waals surface area contributed by atoms with Crippen LogP contribution in [0.5, 0.6) is 11.5 Å². The number of nitrogen functional groups attached to an aromatic ring is 1. The van der Waals surface area contributed by atoms with Crippen LogP contribution >= 0.6 is 0 Å². The van der Waals surface area contributed by atoms with Gasteiger partial charge in [-0.2, -0.15) is 0 Å². The van der Waals surface area contributed by atoms with E-state index in [1.165, 1.54) is 36.5 Å². The quantitative estimate of drug-likeness (QED) is 0.807. The Kier molecular flexibility index (Phi) is 3.80. The summed E-state index contributed by atoms with van der Waals surface area (Å²) in [5.41, 5.74) is 6.79. The lowest BCUT2D eigenvalue weighted by Gasteiger charge is -2.12. The fraction of sp³-hybridized carbons (Fsp3) is 0.0588. The van der Waals surface area contributed by atoms with Crippen LogP contribution in [0.15, 0.2) is 59.7 Å². The van der Waals surface area contributed by atoms with Gasteiger partial charge in [0.15, 0.2) is 17.0 Å². The molecule has 0 aliphatic carbocycles. The number of rotatable bonds is 3. The average molecular weight is 311 g/mol. The van der Waals surface area contributed by atoms with Crippen molar-refractivity contribution in [3.63, 3.8) is 0 Å². The van der Waals surface area contributed by atoms with E-state index < -0.39 is 5.82 Å². The first-order valence-electron chi connectivity index (χ1n) is 6.91. The SMILES string of the molecule is Cc1cc(=O)ccn1-c1ccc(Oc2ccnc(N)c2)c(F)c1. The van der Waals surface area contributed by atoms with Crippen LogP contribution in [0.3, 0.4) is 0 Å². The molecule has 6 heteroatoms. The fourth-order valence-electron chi connectivity index (χ4n) is 2.22. The predicted molar refractivity (Wildman–Crippen MR) is 85.5 cm³/mol. The minimum Gasteiger partial charge on any atom is -0.454 e. The molecular weight excluding hydrogens is 297 g/mol. The van der Waals surface area contributed by atoms with Crippen LogP contribution in [0, 0.1) is 12.7 Å². The predicted octanol–water partition coefficient (Wildman–Crippen LogP) is 3.05. The molecule has 0 bridgehead atoms. The second kappa shape index (κ2) is 5.92. The van der Waals surface area contributed by atoms with Gasteiger partial charge in [0.05, 0.1) is 0 Å². The maximum absolute atomic E-state index is 14.3. The first kappa shape index (κ1) is 14.8. The highest BCUT2D eigenvalue weighted by Gasteiger charge is 2.08. The number of halogens is 1.